The third kappa shape index (κ3) is 3.80. The number of likely N-dealkylation sites (tertiary alicyclic amines) is 1. The van der Waals surface area contributed by atoms with Gasteiger partial charge in [0.2, 0.25) is 0 Å². The van der Waals surface area contributed by atoms with Crippen molar-refractivity contribution in [3.8, 4) is 5.69 Å². The van der Waals surface area contributed by atoms with Gasteiger partial charge in [-0.05, 0) is 25.0 Å². The van der Waals surface area contributed by atoms with Crippen LogP contribution >= 0.6 is 0 Å². The van der Waals surface area contributed by atoms with E-state index in [-0.39, 0.29) is 17.6 Å². The fraction of sp³-hybridized carbons (Fsp3) is 0.500. The molecule has 1 fully saturated rings. The monoisotopic (exact) mass is 359 g/mol. The Morgan fingerprint density at radius 1 is 1.27 bits per heavy atom. The Morgan fingerprint density at radius 3 is 2.62 bits per heavy atom. The second kappa shape index (κ2) is 8.18. The number of carbonyl (C=O) groups is 1. The van der Waals surface area contributed by atoms with Crippen molar-refractivity contribution in [2.45, 2.75) is 18.8 Å². The molecule has 2 heterocycles. The smallest absolute Gasteiger partial charge is 0.350 e. The normalized spacial score (nSPS) is 15.2. The van der Waals surface area contributed by atoms with Gasteiger partial charge in [-0.1, -0.05) is 18.2 Å². The van der Waals surface area contributed by atoms with Gasteiger partial charge in [-0.3, -0.25) is 0 Å². The molecule has 0 saturated carbocycles. The fourth-order valence-corrected chi connectivity index (χ4v) is 3.28. The van der Waals surface area contributed by atoms with Gasteiger partial charge in [-0.2, -0.15) is 5.10 Å². The van der Waals surface area contributed by atoms with Crippen molar-refractivity contribution in [1.29, 1.82) is 0 Å². The van der Waals surface area contributed by atoms with Crippen molar-refractivity contribution in [1.82, 2.24) is 24.6 Å². The Bertz CT molecular complexity index is 791. The van der Waals surface area contributed by atoms with E-state index < -0.39 is 0 Å². The number of urea groups is 1. The van der Waals surface area contributed by atoms with Gasteiger partial charge in [0, 0.05) is 39.7 Å². The van der Waals surface area contributed by atoms with Crippen molar-refractivity contribution in [3.63, 3.8) is 0 Å². The van der Waals surface area contributed by atoms with E-state index in [1.54, 1.807) is 23.6 Å². The van der Waals surface area contributed by atoms with Gasteiger partial charge in [-0.25, -0.2) is 18.8 Å². The summed E-state index contributed by atoms with van der Waals surface area (Å²) in [6.07, 6.45) is 1.56. The van der Waals surface area contributed by atoms with E-state index in [2.05, 4.69) is 10.4 Å². The van der Waals surface area contributed by atoms with Crippen LogP contribution in [0, 0.1) is 0 Å². The largest absolute Gasteiger partial charge is 0.383 e. The number of piperidine rings is 1. The molecule has 1 aromatic carbocycles. The molecule has 8 nitrogen and oxygen atoms in total. The summed E-state index contributed by atoms with van der Waals surface area (Å²) < 4.78 is 8.01. The number of methoxy groups -OCH3 is 1. The van der Waals surface area contributed by atoms with Crippen LogP contribution in [0.5, 0.6) is 0 Å². The van der Waals surface area contributed by atoms with Gasteiger partial charge >= 0.3 is 11.7 Å². The zero-order valence-electron chi connectivity index (χ0n) is 15.2. The molecule has 2 aromatic rings. The molecule has 0 radical (unpaired) electrons. The highest BCUT2D eigenvalue weighted by atomic mass is 16.5. The number of aryl methyl sites for hydroxylation is 1. The maximum atomic E-state index is 12.5. The van der Waals surface area contributed by atoms with Gasteiger partial charge < -0.3 is 15.0 Å². The molecule has 1 aliphatic heterocycles. The van der Waals surface area contributed by atoms with Crippen LogP contribution in [0.3, 0.4) is 0 Å². The van der Waals surface area contributed by atoms with Crippen LogP contribution in [0.15, 0.2) is 35.1 Å². The number of nitrogens with one attached hydrogen (secondary N) is 1. The topological polar surface area (TPSA) is 81.4 Å². The molecule has 2 amide bonds. The number of aromatic nitrogens is 3. The standard InChI is InChI=1S/C18H25N5O3/c1-21-18(25)23(15-6-4-3-5-7-15)16(20-21)14-8-11-22(12-9-14)17(24)19-10-13-26-2/h3-7,14H,8-13H2,1-2H3,(H,19,24). The third-order valence-corrected chi connectivity index (χ3v) is 4.69. The number of amides is 2. The molecule has 0 bridgehead atoms. The first-order chi connectivity index (χ1) is 12.6. The van der Waals surface area contributed by atoms with Gasteiger partial charge in [0.25, 0.3) is 0 Å². The molecule has 140 valence electrons. The fourth-order valence-electron chi connectivity index (χ4n) is 3.28. The lowest BCUT2D eigenvalue weighted by Crippen LogP contribution is -2.45. The average Bonchev–Trinajstić information content (AvgIpc) is 2.97. The van der Waals surface area contributed by atoms with Crippen molar-refractivity contribution in [3.05, 3.63) is 46.6 Å². The molecular weight excluding hydrogens is 334 g/mol. The number of rotatable bonds is 5. The van der Waals surface area contributed by atoms with Crippen LogP contribution < -0.4 is 11.0 Å². The SMILES string of the molecule is COCCNC(=O)N1CCC(c2nn(C)c(=O)n2-c2ccccc2)CC1. The maximum Gasteiger partial charge on any atom is 0.350 e. The molecule has 0 unspecified atom stereocenters. The van der Waals surface area contributed by atoms with Gasteiger partial charge in [0.1, 0.15) is 5.82 Å². The maximum absolute atomic E-state index is 12.5. The Morgan fingerprint density at radius 2 is 1.96 bits per heavy atom. The van der Waals surface area contributed by atoms with Crippen LogP contribution in [-0.4, -0.2) is 58.6 Å². The van der Waals surface area contributed by atoms with E-state index in [4.69, 9.17) is 4.74 Å². The van der Waals surface area contributed by atoms with E-state index in [1.807, 2.05) is 30.3 Å². The zero-order valence-corrected chi connectivity index (χ0v) is 15.2. The summed E-state index contributed by atoms with van der Waals surface area (Å²) in [5, 5.41) is 7.32. The summed E-state index contributed by atoms with van der Waals surface area (Å²) in [6.45, 7) is 2.29. The molecule has 1 saturated heterocycles. The zero-order chi connectivity index (χ0) is 18.5. The van der Waals surface area contributed by atoms with Gasteiger partial charge in [0.15, 0.2) is 0 Å². The quantitative estimate of drug-likeness (QED) is 0.811. The first-order valence-corrected chi connectivity index (χ1v) is 8.85. The lowest BCUT2D eigenvalue weighted by atomic mass is 9.96. The van der Waals surface area contributed by atoms with Crippen molar-refractivity contribution >= 4 is 6.03 Å². The molecular formula is C18H25N5O3. The van der Waals surface area contributed by atoms with Crippen molar-refractivity contribution in [2.24, 2.45) is 7.05 Å². The van der Waals surface area contributed by atoms with Crippen molar-refractivity contribution in [2.75, 3.05) is 33.4 Å². The number of nitrogens with zero attached hydrogens (tertiary/aromatic N) is 4. The highest BCUT2D eigenvalue weighted by molar-refractivity contribution is 5.74. The molecule has 0 aliphatic carbocycles. The number of carbonyl (C=O) groups excluding carboxylic acids is 1. The summed E-state index contributed by atoms with van der Waals surface area (Å²) in [5.41, 5.74) is 0.672. The Labute approximate surface area is 152 Å². The van der Waals surface area contributed by atoms with Crippen molar-refractivity contribution < 1.29 is 9.53 Å². The Hall–Kier alpha value is -2.61. The minimum Gasteiger partial charge on any atom is -0.383 e. The summed E-state index contributed by atoms with van der Waals surface area (Å²) in [5.74, 6) is 0.912. The predicted octanol–water partition coefficient (Wildman–Crippen LogP) is 1.11. The molecule has 0 spiro atoms. The highest BCUT2D eigenvalue weighted by Gasteiger charge is 2.28. The van der Waals surface area contributed by atoms with Gasteiger partial charge in [-0.15, -0.1) is 0 Å². The van der Waals surface area contributed by atoms with Crippen LogP contribution in [0.1, 0.15) is 24.6 Å². The second-order valence-electron chi connectivity index (χ2n) is 6.42. The highest BCUT2D eigenvalue weighted by Crippen LogP contribution is 2.27. The molecule has 1 N–H and O–H groups in total. The Kier molecular flexibility index (Phi) is 5.72. The first kappa shape index (κ1) is 18.2. The second-order valence-corrected chi connectivity index (χ2v) is 6.42. The van der Waals surface area contributed by atoms with Crippen LogP contribution in [-0.2, 0) is 11.8 Å². The lowest BCUT2D eigenvalue weighted by Gasteiger charge is -2.31. The number of benzene rings is 1. The number of para-hydroxylation sites is 1. The minimum atomic E-state index is -0.147. The van der Waals surface area contributed by atoms with Crippen LogP contribution in [0.25, 0.3) is 5.69 Å². The van der Waals surface area contributed by atoms with E-state index in [9.17, 15) is 9.59 Å². The van der Waals surface area contributed by atoms with Crippen LogP contribution in [0.2, 0.25) is 0 Å². The number of hydrogen-bond acceptors (Lipinski definition) is 4. The minimum absolute atomic E-state index is 0.0676. The summed E-state index contributed by atoms with van der Waals surface area (Å²) in [6, 6.07) is 9.49. The molecule has 1 aliphatic rings. The van der Waals surface area contributed by atoms with Crippen LogP contribution in [0.4, 0.5) is 4.79 Å². The molecule has 0 atom stereocenters. The first-order valence-electron chi connectivity index (χ1n) is 8.85. The number of hydrogen-bond donors (Lipinski definition) is 1. The Balaban J connectivity index is 1.72. The third-order valence-electron chi connectivity index (χ3n) is 4.69. The van der Waals surface area contributed by atoms with E-state index in [0.717, 1.165) is 24.4 Å². The molecule has 26 heavy (non-hydrogen) atoms. The summed E-state index contributed by atoms with van der Waals surface area (Å²) in [7, 11) is 3.28. The summed E-state index contributed by atoms with van der Waals surface area (Å²) >= 11 is 0. The predicted molar refractivity (Wildman–Crippen MR) is 97.6 cm³/mol. The summed E-state index contributed by atoms with van der Waals surface area (Å²) in [4.78, 5) is 26.5. The molecule has 8 heteroatoms. The number of ether oxygens (including phenoxy) is 1. The molecule has 3 rings (SSSR count). The van der Waals surface area contributed by atoms with Gasteiger partial charge in [0.05, 0.1) is 12.3 Å². The lowest BCUT2D eigenvalue weighted by molar-refractivity contribution is 0.168. The van der Waals surface area contributed by atoms with E-state index in [0.29, 0.717) is 26.2 Å². The van der Waals surface area contributed by atoms with E-state index in [1.165, 1.54) is 4.68 Å². The average molecular weight is 359 g/mol. The molecule has 1 aromatic heterocycles. The van der Waals surface area contributed by atoms with E-state index >= 15 is 0 Å².